The molecule has 1 rings (SSSR count). The molecule has 0 aliphatic carbocycles. The molecule has 80 valence electrons. The molecule has 0 bridgehead atoms. The first-order valence-electron chi connectivity index (χ1n) is 4.82. The molecule has 1 aromatic rings. The van der Waals surface area contributed by atoms with Crippen LogP contribution in [-0.4, -0.2) is 5.11 Å². The van der Waals surface area contributed by atoms with Gasteiger partial charge in [-0.25, -0.2) is 0 Å². The summed E-state index contributed by atoms with van der Waals surface area (Å²) in [6.45, 7) is 8.36. The lowest BCUT2D eigenvalue weighted by atomic mass is 9.83. The molecule has 3 heteroatoms. The number of rotatable bonds is 3. The van der Waals surface area contributed by atoms with Crippen molar-refractivity contribution in [2.24, 2.45) is 5.41 Å². The molecular weight excluding hydrogens is 260 g/mol. The molecule has 0 aromatic carbocycles. The van der Waals surface area contributed by atoms with Crippen molar-refractivity contribution in [2.45, 2.75) is 40.2 Å². The lowest BCUT2D eigenvalue weighted by Gasteiger charge is -2.28. The first kappa shape index (κ1) is 12.2. The predicted octanol–water partition coefficient (Wildman–Crippen LogP) is 4.29. The second-order valence-corrected chi connectivity index (χ2v) is 6.75. The van der Waals surface area contributed by atoms with Crippen molar-refractivity contribution < 1.29 is 5.11 Å². The van der Waals surface area contributed by atoms with E-state index < -0.39 is 0 Å². The Kier molecular flexibility index (Phi) is 3.78. The summed E-state index contributed by atoms with van der Waals surface area (Å²) in [4.78, 5) is 1.06. The molecule has 1 unspecified atom stereocenters. The van der Waals surface area contributed by atoms with Crippen molar-refractivity contribution in [2.75, 3.05) is 0 Å². The monoisotopic (exact) mass is 276 g/mol. The van der Waals surface area contributed by atoms with E-state index in [9.17, 15) is 5.11 Å². The van der Waals surface area contributed by atoms with E-state index in [1.54, 1.807) is 11.3 Å². The molecule has 0 aliphatic heterocycles. The van der Waals surface area contributed by atoms with Crippen molar-refractivity contribution in [1.82, 2.24) is 0 Å². The summed E-state index contributed by atoms with van der Waals surface area (Å²) in [6, 6.07) is 2.07. The van der Waals surface area contributed by atoms with Gasteiger partial charge in [-0.05, 0) is 46.3 Å². The number of aryl methyl sites for hydroxylation is 1. The maximum atomic E-state index is 10.2. The summed E-state index contributed by atoms with van der Waals surface area (Å²) < 4.78 is 1.12. The average Bonchev–Trinajstić information content (AvgIpc) is 2.45. The first-order chi connectivity index (χ1) is 6.38. The van der Waals surface area contributed by atoms with Crippen molar-refractivity contribution in [3.63, 3.8) is 0 Å². The maximum absolute atomic E-state index is 10.2. The minimum absolute atomic E-state index is 0.0449. The molecule has 0 aliphatic rings. The fraction of sp³-hybridized carbons (Fsp3) is 0.636. The molecule has 0 radical (unpaired) electrons. The summed E-state index contributed by atoms with van der Waals surface area (Å²) in [5.74, 6) is 0. The van der Waals surface area contributed by atoms with Crippen LogP contribution in [0.1, 0.15) is 43.7 Å². The molecule has 0 amide bonds. The van der Waals surface area contributed by atoms with Crippen LogP contribution >= 0.6 is 27.3 Å². The Hall–Kier alpha value is 0.140. The van der Waals surface area contributed by atoms with Crippen molar-refractivity contribution in [3.8, 4) is 0 Å². The predicted molar refractivity (Wildman–Crippen MR) is 65.8 cm³/mol. The van der Waals surface area contributed by atoms with Crippen LogP contribution in [0.25, 0.3) is 0 Å². The van der Waals surface area contributed by atoms with E-state index in [1.165, 1.54) is 5.56 Å². The van der Waals surface area contributed by atoms with Gasteiger partial charge >= 0.3 is 0 Å². The van der Waals surface area contributed by atoms with Crippen molar-refractivity contribution in [1.29, 1.82) is 0 Å². The molecule has 1 heterocycles. The number of thiophene rings is 1. The highest BCUT2D eigenvalue weighted by Crippen LogP contribution is 2.41. The molecular formula is C11H17BrOS. The van der Waals surface area contributed by atoms with Gasteiger partial charge in [-0.1, -0.05) is 20.8 Å². The molecule has 14 heavy (non-hydrogen) atoms. The van der Waals surface area contributed by atoms with E-state index in [0.29, 0.717) is 0 Å². The molecule has 0 saturated carbocycles. The normalized spacial score (nSPS) is 14.4. The highest BCUT2D eigenvalue weighted by Gasteiger charge is 2.28. The van der Waals surface area contributed by atoms with E-state index in [2.05, 4.69) is 49.7 Å². The largest absolute Gasteiger partial charge is 0.387 e. The Balaban J connectivity index is 2.94. The molecule has 1 nitrogen and oxygen atoms in total. The van der Waals surface area contributed by atoms with Crippen molar-refractivity contribution >= 4 is 27.3 Å². The van der Waals surface area contributed by atoms with Crippen molar-refractivity contribution in [3.05, 3.63) is 20.3 Å². The number of aliphatic hydroxyl groups is 1. The zero-order valence-electron chi connectivity index (χ0n) is 9.10. The molecule has 1 N–H and O–H groups in total. The summed E-state index contributed by atoms with van der Waals surface area (Å²) in [5, 5.41) is 10.2. The van der Waals surface area contributed by atoms with Gasteiger partial charge < -0.3 is 5.11 Å². The van der Waals surface area contributed by atoms with Gasteiger partial charge in [0.05, 0.1) is 9.89 Å². The topological polar surface area (TPSA) is 20.2 Å². The van der Waals surface area contributed by atoms with Crippen LogP contribution < -0.4 is 0 Å². The smallest absolute Gasteiger partial charge is 0.0933 e. The van der Waals surface area contributed by atoms with Crippen LogP contribution in [0, 0.1) is 12.3 Å². The third-order valence-corrected chi connectivity index (χ3v) is 4.99. The van der Waals surface area contributed by atoms with E-state index in [-0.39, 0.29) is 11.5 Å². The third-order valence-electron chi connectivity index (χ3n) is 2.80. The van der Waals surface area contributed by atoms with Gasteiger partial charge in [0.15, 0.2) is 0 Å². The maximum Gasteiger partial charge on any atom is 0.0933 e. The quantitative estimate of drug-likeness (QED) is 0.873. The molecule has 0 spiro atoms. The highest BCUT2D eigenvalue weighted by atomic mass is 79.9. The van der Waals surface area contributed by atoms with Gasteiger partial charge in [0.2, 0.25) is 0 Å². The Morgan fingerprint density at radius 1 is 1.57 bits per heavy atom. The van der Waals surface area contributed by atoms with Crippen LogP contribution in [0.4, 0.5) is 0 Å². The lowest BCUT2D eigenvalue weighted by molar-refractivity contribution is 0.0495. The van der Waals surface area contributed by atoms with E-state index in [4.69, 9.17) is 0 Å². The van der Waals surface area contributed by atoms with Gasteiger partial charge in [0.1, 0.15) is 0 Å². The standard InChI is InChI=1S/C11H17BrOS/c1-5-11(3,4)9(13)8-6-7(2)10(12)14-8/h6,9,13H,5H2,1-4H3. The molecule has 0 fully saturated rings. The van der Waals surface area contributed by atoms with Crippen LogP contribution in [0.5, 0.6) is 0 Å². The van der Waals surface area contributed by atoms with Gasteiger partial charge in [0.25, 0.3) is 0 Å². The summed E-state index contributed by atoms with van der Waals surface area (Å²) in [6.07, 6.45) is 0.616. The van der Waals surface area contributed by atoms with Crippen LogP contribution in [-0.2, 0) is 0 Å². The average molecular weight is 277 g/mol. The number of hydrogen-bond acceptors (Lipinski definition) is 2. The summed E-state index contributed by atoms with van der Waals surface area (Å²) >= 11 is 5.11. The van der Waals surface area contributed by atoms with Crippen LogP contribution in [0.3, 0.4) is 0 Å². The van der Waals surface area contributed by atoms with E-state index >= 15 is 0 Å². The van der Waals surface area contributed by atoms with Gasteiger partial charge in [0, 0.05) is 4.88 Å². The molecule has 1 atom stereocenters. The number of aliphatic hydroxyl groups excluding tert-OH is 1. The Morgan fingerprint density at radius 2 is 2.14 bits per heavy atom. The van der Waals surface area contributed by atoms with Gasteiger partial charge in [-0.15, -0.1) is 11.3 Å². The highest BCUT2D eigenvalue weighted by molar-refractivity contribution is 9.11. The van der Waals surface area contributed by atoms with E-state index in [1.807, 2.05) is 0 Å². The summed E-state index contributed by atoms with van der Waals surface area (Å²) in [5.41, 5.74) is 1.16. The third kappa shape index (κ3) is 2.38. The van der Waals surface area contributed by atoms with Gasteiger partial charge in [-0.3, -0.25) is 0 Å². The van der Waals surface area contributed by atoms with E-state index in [0.717, 1.165) is 15.1 Å². The van der Waals surface area contributed by atoms with Crippen LogP contribution in [0.15, 0.2) is 9.85 Å². The minimum Gasteiger partial charge on any atom is -0.387 e. The van der Waals surface area contributed by atoms with Gasteiger partial charge in [-0.2, -0.15) is 0 Å². The fourth-order valence-electron chi connectivity index (χ4n) is 1.20. The summed E-state index contributed by atoms with van der Waals surface area (Å²) in [7, 11) is 0. The Bertz CT molecular complexity index is 298. The second kappa shape index (κ2) is 4.33. The minimum atomic E-state index is -0.359. The second-order valence-electron chi connectivity index (χ2n) is 4.35. The molecule has 1 aromatic heterocycles. The lowest BCUT2D eigenvalue weighted by Crippen LogP contribution is -2.19. The van der Waals surface area contributed by atoms with Crippen LogP contribution in [0.2, 0.25) is 0 Å². The Labute approximate surface area is 98.3 Å². The SMILES string of the molecule is CCC(C)(C)C(O)c1cc(C)c(Br)s1. The zero-order valence-corrected chi connectivity index (χ0v) is 11.5. The Morgan fingerprint density at radius 3 is 2.50 bits per heavy atom. The molecule has 0 saturated heterocycles. The number of halogens is 1. The fourth-order valence-corrected chi connectivity index (χ4v) is 2.97. The zero-order chi connectivity index (χ0) is 10.9. The number of hydrogen-bond donors (Lipinski definition) is 1. The first-order valence-corrected chi connectivity index (χ1v) is 6.43.